The number of sulfone groups is 1. The van der Waals surface area contributed by atoms with Gasteiger partial charge in [0.1, 0.15) is 0 Å². The second kappa shape index (κ2) is 5.45. The highest BCUT2D eigenvalue weighted by atomic mass is 79.9. The van der Waals surface area contributed by atoms with Gasteiger partial charge in [0.2, 0.25) is 9.84 Å². The fraction of sp³-hybridized carbons (Fsp3) is 0.300. The first-order valence-electron chi connectivity index (χ1n) is 4.47. The minimum absolute atomic E-state index is 0.151. The lowest BCUT2D eigenvalue weighted by Gasteiger charge is -2.05. The number of rotatable bonds is 4. The van der Waals surface area contributed by atoms with Crippen LogP contribution in [-0.2, 0) is 24.7 Å². The molecule has 0 heterocycles. The number of esters is 1. The van der Waals surface area contributed by atoms with Gasteiger partial charge in [-0.25, -0.2) is 8.42 Å². The van der Waals surface area contributed by atoms with Crippen LogP contribution in [0.4, 0.5) is 0 Å². The SMILES string of the molecule is CC(=O)OCS(=O)(=O)c1ccc(CBr)cc1. The molecule has 1 rings (SSSR count). The first-order chi connectivity index (χ1) is 7.45. The summed E-state index contributed by atoms with van der Waals surface area (Å²) in [5.41, 5.74) is 0.978. The molecule has 6 heteroatoms. The topological polar surface area (TPSA) is 60.4 Å². The third-order valence-corrected chi connectivity index (χ3v) is 3.92. The lowest BCUT2D eigenvalue weighted by atomic mass is 10.2. The van der Waals surface area contributed by atoms with E-state index in [9.17, 15) is 13.2 Å². The Kier molecular flexibility index (Phi) is 4.49. The van der Waals surface area contributed by atoms with Crippen molar-refractivity contribution in [1.29, 1.82) is 0 Å². The summed E-state index contributed by atoms with van der Waals surface area (Å²) in [4.78, 5) is 10.7. The number of benzene rings is 1. The van der Waals surface area contributed by atoms with Gasteiger partial charge in [0.25, 0.3) is 0 Å². The molecule has 0 unspecified atom stereocenters. The zero-order valence-corrected chi connectivity index (χ0v) is 11.0. The van der Waals surface area contributed by atoms with Crippen LogP contribution in [0.25, 0.3) is 0 Å². The molecule has 0 spiro atoms. The van der Waals surface area contributed by atoms with E-state index in [2.05, 4.69) is 20.7 Å². The average Bonchev–Trinajstić information content (AvgIpc) is 2.27. The third kappa shape index (κ3) is 3.61. The molecule has 0 bridgehead atoms. The highest BCUT2D eigenvalue weighted by Crippen LogP contribution is 2.14. The molecule has 0 aliphatic rings. The van der Waals surface area contributed by atoms with Crippen LogP contribution in [-0.4, -0.2) is 20.3 Å². The van der Waals surface area contributed by atoms with E-state index in [4.69, 9.17) is 0 Å². The van der Waals surface area contributed by atoms with Gasteiger partial charge in [-0.05, 0) is 17.7 Å². The van der Waals surface area contributed by atoms with E-state index >= 15 is 0 Å². The van der Waals surface area contributed by atoms with Crippen LogP contribution < -0.4 is 0 Å². The monoisotopic (exact) mass is 306 g/mol. The fourth-order valence-electron chi connectivity index (χ4n) is 1.01. The van der Waals surface area contributed by atoms with Crippen molar-refractivity contribution in [2.24, 2.45) is 0 Å². The summed E-state index contributed by atoms with van der Waals surface area (Å²) in [5, 5.41) is 0.664. The van der Waals surface area contributed by atoms with Gasteiger partial charge in [-0.2, -0.15) is 0 Å². The summed E-state index contributed by atoms with van der Waals surface area (Å²) >= 11 is 3.26. The van der Waals surface area contributed by atoms with Gasteiger partial charge in [-0.3, -0.25) is 4.79 Å². The van der Waals surface area contributed by atoms with E-state index in [1.54, 1.807) is 12.1 Å². The molecular formula is C10H11BrO4S. The van der Waals surface area contributed by atoms with Gasteiger partial charge in [0.05, 0.1) is 4.90 Å². The molecule has 0 N–H and O–H groups in total. The molecule has 0 atom stereocenters. The predicted molar refractivity (Wildman–Crippen MR) is 62.9 cm³/mol. The Morgan fingerprint density at radius 3 is 2.31 bits per heavy atom. The molecule has 0 aliphatic heterocycles. The maximum Gasteiger partial charge on any atom is 0.303 e. The first kappa shape index (κ1) is 13.2. The molecule has 0 radical (unpaired) electrons. The van der Waals surface area contributed by atoms with Crippen molar-refractivity contribution < 1.29 is 17.9 Å². The van der Waals surface area contributed by atoms with Gasteiger partial charge in [-0.15, -0.1) is 0 Å². The number of hydrogen-bond acceptors (Lipinski definition) is 4. The summed E-state index contributed by atoms with van der Waals surface area (Å²) in [6.45, 7) is 1.17. The quantitative estimate of drug-likeness (QED) is 0.629. The number of ether oxygens (including phenoxy) is 1. The Balaban J connectivity index is 2.85. The predicted octanol–water partition coefficient (Wildman–Crippen LogP) is 1.88. The maximum atomic E-state index is 11.6. The summed E-state index contributed by atoms with van der Waals surface area (Å²) in [7, 11) is -3.54. The van der Waals surface area contributed by atoms with E-state index in [0.717, 1.165) is 5.56 Å². The first-order valence-corrected chi connectivity index (χ1v) is 7.24. The van der Waals surface area contributed by atoms with Crippen molar-refractivity contribution in [2.75, 3.05) is 5.94 Å². The highest BCUT2D eigenvalue weighted by molar-refractivity contribution is 9.08. The standard InChI is InChI=1S/C10H11BrO4S/c1-8(12)15-7-16(13,14)10-4-2-9(6-11)3-5-10/h2-5H,6-7H2,1H3. The second-order valence-corrected chi connectivity index (χ2v) is 5.64. The number of carbonyl (C=O) groups excluding carboxylic acids is 1. The Morgan fingerprint density at radius 2 is 1.88 bits per heavy atom. The van der Waals surface area contributed by atoms with Gasteiger partial charge in [-0.1, -0.05) is 28.1 Å². The van der Waals surface area contributed by atoms with E-state index in [-0.39, 0.29) is 4.90 Å². The molecule has 88 valence electrons. The molecule has 0 fully saturated rings. The third-order valence-electron chi connectivity index (χ3n) is 1.85. The van der Waals surface area contributed by atoms with Crippen LogP contribution in [0.1, 0.15) is 12.5 Å². The van der Waals surface area contributed by atoms with Crippen molar-refractivity contribution >= 4 is 31.7 Å². The van der Waals surface area contributed by atoms with Gasteiger partial charge < -0.3 is 4.74 Å². The molecule has 0 saturated heterocycles. The van der Waals surface area contributed by atoms with E-state index in [1.807, 2.05) is 0 Å². The van der Waals surface area contributed by atoms with Crippen molar-refractivity contribution in [2.45, 2.75) is 17.1 Å². The smallest absolute Gasteiger partial charge is 0.303 e. The molecule has 0 aliphatic carbocycles. The van der Waals surface area contributed by atoms with Crippen LogP contribution in [0, 0.1) is 0 Å². The summed E-state index contributed by atoms with van der Waals surface area (Å²) < 4.78 is 27.8. The Hall–Kier alpha value is -0.880. The summed E-state index contributed by atoms with van der Waals surface area (Å²) in [6.07, 6.45) is 0. The molecule has 1 aromatic rings. The molecule has 0 amide bonds. The minimum atomic E-state index is -3.54. The van der Waals surface area contributed by atoms with Gasteiger partial charge in [0.15, 0.2) is 5.94 Å². The van der Waals surface area contributed by atoms with Crippen LogP contribution in [0.3, 0.4) is 0 Å². The van der Waals surface area contributed by atoms with Crippen molar-refractivity contribution in [3.8, 4) is 0 Å². The van der Waals surface area contributed by atoms with Crippen molar-refractivity contribution in [3.05, 3.63) is 29.8 Å². The Bertz CT molecular complexity index is 464. The van der Waals surface area contributed by atoms with Gasteiger partial charge >= 0.3 is 5.97 Å². The van der Waals surface area contributed by atoms with Crippen molar-refractivity contribution in [3.63, 3.8) is 0 Å². The Labute approximate surface area is 103 Å². The van der Waals surface area contributed by atoms with Crippen LogP contribution in [0.2, 0.25) is 0 Å². The summed E-state index contributed by atoms with van der Waals surface area (Å²) in [6, 6.07) is 6.40. The van der Waals surface area contributed by atoms with Crippen molar-refractivity contribution in [1.82, 2.24) is 0 Å². The Morgan fingerprint density at radius 1 is 1.31 bits per heavy atom. The average molecular weight is 307 g/mol. The van der Waals surface area contributed by atoms with E-state index in [1.165, 1.54) is 19.1 Å². The van der Waals surface area contributed by atoms with Crippen LogP contribution >= 0.6 is 15.9 Å². The highest BCUT2D eigenvalue weighted by Gasteiger charge is 2.15. The van der Waals surface area contributed by atoms with E-state index < -0.39 is 21.7 Å². The molecular weight excluding hydrogens is 296 g/mol. The lowest BCUT2D eigenvalue weighted by molar-refractivity contribution is -0.138. The second-order valence-electron chi connectivity index (χ2n) is 3.15. The number of hydrogen-bond donors (Lipinski definition) is 0. The molecule has 0 saturated carbocycles. The number of halogens is 1. The largest absolute Gasteiger partial charge is 0.449 e. The molecule has 1 aromatic carbocycles. The zero-order valence-electron chi connectivity index (χ0n) is 8.64. The minimum Gasteiger partial charge on any atom is -0.449 e. The molecule has 16 heavy (non-hydrogen) atoms. The van der Waals surface area contributed by atoms with Crippen LogP contribution in [0.5, 0.6) is 0 Å². The maximum absolute atomic E-state index is 11.6. The fourth-order valence-corrected chi connectivity index (χ4v) is 2.40. The lowest BCUT2D eigenvalue weighted by Crippen LogP contribution is -2.12. The summed E-state index contributed by atoms with van der Waals surface area (Å²) in [5.74, 6) is -1.23. The van der Waals surface area contributed by atoms with Crippen LogP contribution in [0.15, 0.2) is 29.2 Å². The number of carbonyl (C=O) groups is 1. The van der Waals surface area contributed by atoms with Gasteiger partial charge in [0, 0.05) is 12.3 Å². The molecule has 4 nitrogen and oxygen atoms in total. The zero-order chi connectivity index (χ0) is 12.2. The molecule has 0 aromatic heterocycles. The normalized spacial score (nSPS) is 11.1. The van der Waals surface area contributed by atoms with E-state index in [0.29, 0.717) is 5.33 Å². The number of alkyl halides is 1.